The van der Waals surface area contributed by atoms with Crippen LogP contribution in [0.1, 0.15) is 26.3 Å². The Hall–Kier alpha value is -1.26. The van der Waals surface area contributed by atoms with Crippen LogP contribution in [0.15, 0.2) is 18.2 Å². The van der Waals surface area contributed by atoms with Crippen molar-refractivity contribution in [2.45, 2.75) is 32.9 Å². The molecule has 0 saturated carbocycles. The molecule has 4 nitrogen and oxygen atoms in total. The molecule has 0 aliphatic heterocycles. The molecule has 17 heavy (non-hydrogen) atoms. The summed E-state index contributed by atoms with van der Waals surface area (Å²) in [7, 11) is 0. The zero-order valence-electron chi connectivity index (χ0n) is 10.2. The molecule has 0 saturated heterocycles. The summed E-state index contributed by atoms with van der Waals surface area (Å²) < 4.78 is 5.13. The molecular formula is C12H17ClN2O2. The Morgan fingerprint density at radius 1 is 1.47 bits per heavy atom. The molecule has 0 bridgehead atoms. The number of benzene rings is 1. The molecule has 0 unspecified atom stereocenters. The monoisotopic (exact) mass is 256 g/mol. The molecule has 1 aromatic carbocycles. The van der Waals surface area contributed by atoms with Crippen molar-refractivity contribution in [3.8, 4) is 0 Å². The zero-order valence-corrected chi connectivity index (χ0v) is 11.0. The van der Waals surface area contributed by atoms with Crippen LogP contribution < -0.4 is 11.1 Å². The van der Waals surface area contributed by atoms with Gasteiger partial charge in [0, 0.05) is 17.3 Å². The fourth-order valence-corrected chi connectivity index (χ4v) is 1.43. The number of nitrogens with two attached hydrogens (primary N) is 1. The number of amides is 1. The van der Waals surface area contributed by atoms with Crippen LogP contribution in [-0.2, 0) is 11.3 Å². The lowest BCUT2D eigenvalue weighted by molar-refractivity contribution is 0.0636. The SMILES string of the molecule is CC(C)(C)OC(=O)Nc1ccc(Cl)c(CN)c1. The third-order valence-corrected chi connectivity index (χ3v) is 2.28. The summed E-state index contributed by atoms with van der Waals surface area (Å²) in [5.41, 5.74) is 6.40. The number of hydrogen-bond donors (Lipinski definition) is 2. The molecule has 94 valence electrons. The van der Waals surface area contributed by atoms with Crippen LogP contribution in [0.4, 0.5) is 10.5 Å². The van der Waals surface area contributed by atoms with Crippen molar-refractivity contribution in [1.82, 2.24) is 0 Å². The average Bonchev–Trinajstić information content (AvgIpc) is 2.18. The van der Waals surface area contributed by atoms with Gasteiger partial charge in [-0.15, -0.1) is 0 Å². The number of ether oxygens (including phenoxy) is 1. The van der Waals surface area contributed by atoms with Crippen molar-refractivity contribution in [2.75, 3.05) is 5.32 Å². The zero-order chi connectivity index (χ0) is 13.1. The number of halogens is 1. The van der Waals surface area contributed by atoms with E-state index in [1.165, 1.54) is 0 Å². The molecule has 0 aromatic heterocycles. The van der Waals surface area contributed by atoms with Crippen LogP contribution in [0.5, 0.6) is 0 Å². The number of anilines is 1. The van der Waals surface area contributed by atoms with Crippen molar-refractivity contribution < 1.29 is 9.53 Å². The van der Waals surface area contributed by atoms with Crippen LogP contribution >= 0.6 is 11.6 Å². The molecule has 0 aliphatic carbocycles. The maximum absolute atomic E-state index is 11.5. The molecule has 0 fully saturated rings. The van der Waals surface area contributed by atoms with Crippen molar-refractivity contribution in [2.24, 2.45) is 5.73 Å². The van der Waals surface area contributed by atoms with E-state index in [0.29, 0.717) is 17.3 Å². The number of nitrogens with one attached hydrogen (secondary N) is 1. The van der Waals surface area contributed by atoms with Gasteiger partial charge in [-0.3, -0.25) is 5.32 Å². The first-order valence-electron chi connectivity index (χ1n) is 5.30. The quantitative estimate of drug-likeness (QED) is 0.854. The van der Waals surface area contributed by atoms with Gasteiger partial charge in [-0.05, 0) is 44.5 Å². The molecule has 0 atom stereocenters. The smallest absolute Gasteiger partial charge is 0.412 e. The number of rotatable bonds is 2. The first-order chi connectivity index (χ1) is 7.81. The summed E-state index contributed by atoms with van der Waals surface area (Å²) in [6.45, 7) is 5.74. The highest BCUT2D eigenvalue weighted by Crippen LogP contribution is 2.20. The first kappa shape index (κ1) is 13.8. The minimum atomic E-state index is -0.521. The van der Waals surface area contributed by atoms with Crippen molar-refractivity contribution in [1.29, 1.82) is 0 Å². The van der Waals surface area contributed by atoms with Gasteiger partial charge < -0.3 is 10.5 Å². The highest BCUT2D eigenvalue weighted by molar-refractivity contribution is 6.31. The van der Waals surface area contributed by atoms with E-state index in [1.54, 1.807) is 39.0 Å². The van der Waals surface area contributed by atoms with E-state index in [1.807, 2.05) is 0 Å². The van der Waals surface area contributed by atoms with E-state index in [9.17, 15) is 4.79 Å². The van der Waals surface area contributed by atoms with Gasteiger partial charge in [0.15, 0.2) is 0 Å². The maximum Gasteiger partial charge on any atom is 0.412 e. The van der Waals surface area contributed by atoms with Gasteiger partial charge in [0.1, 0.15) is 5.60 Å². The van der Waals surface area contributed by atoms with Crippen molar-refractivity contribution in [3.63, 3.8) is 0 Å². The lowest BCUT2D eigenvalue weighted by Gasteiger charge is -2.19. The van der Waals surface area contributed by atoms with E-state index >= 15 is 0 Å². The van der Waals surface area contributed by atoms with Crippen LogP contribution in [0, 0.1) is 0 Å². The predicted molar refractivity (Wildman–Crippen MR) is 69.2 cm³/mol. The second-order valence-electron chi connectivity index (χ2n) is 4.64. The molecule has 3 N–H and O–H groups in total. The second kappa shape index (κ2) is 5.38. The fraction of sp³-hybridized carbons (Fsp3) is 0.417. The molecule has 0 heterocycles. The Morgan fingerprint density at radius 3 is 2.65 bits per heavy atom. The minimum absolute atomic E-state index is 0.322. The van der Waals surface area contributed by atoms with E-state index in [0.717, 1.165) is 5.56 Å². The first-order valence-corrected chi connectivity index (χ1v) is 5.68. The number of carbonyl (C=O) groups is 1. The minimum Gasteiger partial charge on any atom is -0.444 e. The molecule has 5 heteroatoms. The van der Waals surface area contributed by atoms with Crippen molar-refractivity contribution in [3.05, 3.63) is 28.8 Å². The summed E-state index contributed by atoms with van der Waals surface area (Å²) in [5.74, 6) is 0. The Balaban J connectivity index is 2.72. The maximum atomic E-state index is 11.5. The standard InChI is InChI=1S/C12H17ClN2O2/c1-12(2,3)17-11(16)15-9-4-5-10(13)8(6-9)7-14/h4-6H,7,14H2,1-3H3,(H,15,16). The topological polar surface area (TPSA) is 64.3 Å². The number of hydrogen-bond acceptors (Lipinski definition) is 3. The number of carbonyl (C=O) groups excluding carboxylic acids is 1. The van der Waals surface area contributed by atoms with Gasteiger partial charge in [0.25, 0.3) is 0 Å². The summed E-state index contributed by atoms with van der Waals surface area (Å²) in [5, 5.41) is 3.21. The highest BCUT2D eigenvalue weighted by Gasteiger charge is 2.16. The molecule has 1 amide bonds. The summed E-state index contributed by atoms with van der Waals surface area (Å²) in [6.07, 6.45) is -0.497. The molecule has 0 spiro atoms. The van der Waals surface area contributed by atoms with Crippen LogP contribution in [0.3, 0.4) is 0 Å². The summed E-state index contributed by atoms with van der Waals surface area (Å²) >= 11 is 5.92. The van der Waals surface area contributed by atoms with Crippen LogP contribution in [-0.4, -0.2) is 11.7 Å². The Morgan fingerprint density at radius 2 is 2.12 bits per heavy atom. The normalized spacial score (nSPS) is 11.1. The lowest BCUT2D eigenvalue weighted by atomic mass is 10.2. The Labute approximate surface area is 106 Å². The highest BCUT2D eigenvalue weighted by atomic mass is 35.5. The molecule has 0 aliphatic rings. The molecular weight excluding hydrogens is 240 g/mol. The van der Waals surface area contributed by atoms with E-state index < -0.39 is 11.7 Å². The van der Waals surface area contributed by atoms with E-state index in [-0.39, 0.29) is 0 Å². The van der Waals surface area contributed by atoms with Gasteiger partial charge in [0.2, 0.25) is 0 Å². The van der Waals surface area contributed by atoms with Crippen LogP contribution in [0.25, 0.3) is 0 Å². The van der Waals surface area contributed by atoms with E-state index in [4.69, 9.17) is 22.1 Å². The van der Waals surface area contributed by atoms with Gasteiger partial charge in [-0.1, -0.05) is 11.6 Å². The van der Waals surface area contributed by atoms with Gasteiger partial charge in [-0.25, -0.2) is 4.79 Å². The van der Waals surface area contributed by atoms with Gasteiger partial charge in [0.05, 0.1) is 0 Å². The van der Waals surface area contributed by atoms with Crippen molar-refractivity contribution >= 4 is 23.4 Å². The van der Waals surface area contributed by atoms with Crippen LogP contribution in [0.2, 0.25) is 5.02 Å². The van der Waals surface area contributed by atoms with Gasteiger partial charge in [-0.2, -0.15) is 0 Å². The predicted octanol–water partition coefficient (Wildman–Crippen LogP) is 3.15. The summed E-state index contributed by atoms with van der Waals surface area (Å²) in [6, 6.07) is 5.12. The Bertz CT molecular complexity index is 413. The van der Waals surface area contributed by atoms with Gasteiger partial charge >= 0.3 is 6.09 Å². The third-order valence-electron chi connectivity index (χ3n) is 1.91. The molecule has 1 rings (SSSR count). The van der Waals surface area contributed by atoms with E-state index in [2.05, 4.69) is 5.32 Å². The molecule has 1 aromatic rings. The summed E-state index contributed by atoms with van der Waals surface area (Å²) in [4.78, 5) is 11.5. The average molecular weight is 257 g/mol. The lowest BCUT2D eigenvalue weighted by Crippen LogP contribution is -2.27. The fourth-order valence-electron chi connectivity index (χ4n) is 1.23. The Kier molecular flexibility index (Phi) is 4.37. The third kappa shape index (κ3) is 4.63. The molecule has 0 radical (unpaired) electrons. The largest absolute Gasteiger partial charge is 0.444 e. The second-order valence-corrected chi connectivity index (χ2v) is 5.04.